The van der Waals surface area contributed by atoms with E-state index >= 15 is 0 Å². The number of nitrogens with zero attached hydrogens (tertiary/aromatic N) is 2. The van der Waals surface area contributed by atoms with Gasteiger partial charge in [-0.05, 0) is 19.1 Å². The molecule has 2 heterocycles. The number of anilines is 2. The fourth-order valence-corrected chi connectivity index (χ4v) is 2.01. The number of morpholine rings is 1. The van der Waals surface area contributed by atoms with Gasteiger partial charge in [0.05, 0.1) is 24.6 Å². The Bertz CT molecular complexity index is 545. The van der Waals surface area contributed by atoms with Gasteiger partial charge in [-0.2, -0.15) is 13.2 Å². The fraction of sp³-hybridized carbons (Fsp3) is 0.538. The second-order valence-electron chi connectivity index (χ2n) is 4.91. The summed E-state index contributed by atoms with van der Waals surface area (Å²) in [6.45, 7) is 4.19. The van der Waals surface area contributed by atoms with E-state index in [0.717, 1.165) is 0 Å². The normalized spacial score (nSPS) is 17.2. The zero-order valence-corrected chi connectivity index (χ0v) is 12.0. The van der Waals surface area contributed by atoms with Gasteiger partial charge in [0.15, 0.2) is 6.04 Å². The Morgan fingerprint density at radius 3 is 2.59 bits per heavy atom. The number of aromatic nitrogens is 1. The number of halogens is 3. The lowest BCUT2D eigenvalue weighted by Crippen LogP contribution is -2.47. The van der Waals surface area contributed by atoms with E-state index in [1.807, 2.05) is 4.90 Å². The summed E-state index contributed by atoms with van der Waals surface area (Å²) in [4.78, 5) is 17.8. The summed E-state index contributed by atoms with van der Waals surface area (Å²) < 4.78 is 42.4. The summed E-state index contributed by atoms with van der Waals surface area (Å²) in [6, 6.07) is 0.604. The Balaban J connectivity index is 2.08. The predicted molar refractivity (Wildman–Crippen MR) is 74.7 cm³/mol. The van der Waals surface area contributed by atoms with Crippen LogP contribution in [0, 0.1) is 6.92 Å². The van der Waals surface area contributed by atoms with Crippen LogP contribution in [0.1, 0.15) is 5.69 Å². The number of amides is 1. The number of alkyl halides is 3. The third-order valence-electron chi connectivity index (χ3n) is 3.30. The van der Waals surface area contributed by atoms with Gasteiger partial charge < -0.3 is 20.7 Å². The van der Waals surface area contributed by atoms with Gasteiger partial charge in [-0.25, -0.2) is 4.98 Å². The van der Waals surface area contributed by atoms with E-state index in [1.165, 1.54) is 6.07 Å². The molecule has 1 fully saturated rings. The SMILES string of the molecule is Cc1nc(N2CCOCC2)ccc1NC(=O)C(N)C(F)(F)F. The molecule has 6 nitrogen and oxygen atoms in total. The molecule has 9 heteroatoms. The number of hydrogen-bond donors (Lipinski definition) is 2. The van der Waals surface area contributed by atoms with Gasteiger partial charge in [-0.3, -0.25) is 4.79 Å². The third kappa shape index (κ3) is 3.86. The zero-order valence-electron chi connectivity index (χ0n) is 12.0. The van der Waals surface area contributed by atoms with Gasteiger partial charge >= 0.3 is 6.18 Å². The number of nitrogens with two attached hydrogens (primary N) is 1. The van der Waals surface area contributed by atoms with Crippen molar-refractivity contribution in [2.75, 3.05) is 36.5 Å². The molecule has 0 radical (unpaired) electrons. The summed E-state index contributed by atoms with van der Waals surface area (Å²) >= 11 is 0. The molecule has 1 aliphatic rings. The molecule has 1 atom stereocenters. The van der Waals surface area contributed by atoms with Crippen molar-refractivity contribution in [2.24, 2.45) is 5.73 Å². The van der Waals surface area contributed by atoms with Crippen molar-refractivity contribution in [3.63, 3.8) is 0 Å². The molecule has 0 spiro atoms. The van der Waals surface area contributed by atoms with Crippen LogP contribution in [0.3, 0.4) is 0 Å². The van der Waals surface area contributed by atoms with Crippen molar-refractivity contribution >= 4 is 17.4 Å². The van der Waals surface area contributed by atoms with Gasteiger partial charge in [0.25, 0.3) is 5.91 Å². The number of ether oxygens (including phenoxy) is 1. The highest BCUT2D eigenvalue weighted by Crippen LogP contribution is 2.22. The fourth-order valence-electron chi connectivity index (χ4n) is 2.01. The Morgan fingerprint density at radius 1 is 1.41 bits per heavy atom. The molecule has 1 aromatic rings. The van der Waals surface area contributed by atoms with Crippen LogP contribution in [0.2, 0.25) is 0 Å². The second kappa shape index (κ2) is 6.49. The maximum atomic E-state index is 12.4. The van der Waals surface area contributed by atoms with E-state index in [1.54, 1.807) is 13.0 Å². The molecule has 0 saturated carbocycles. The van der Waals surface area contributed by atoms with Crippen molar-refractivity contribution in [1.29, 1.82) is 0 Å². The lowest BCUT2D eigenvalue weighted by atomic mass is 10.2. The predicted octanol–water partition coefficient (Wildman–Crippen LogP) is 1.05. The average molecular weight is 318 g/mol. The molecular weight excluding hydrogens is 301 g/mol. The molecule has 0 aliphatic carbocycles. The Kier molecular flexibility index (Phi) is 4.87. The molecule has 0 bridgehead atoms. The number of aryl methyl sites for hydroxylation is 1. The lowest BCUT2D eigenvalue weighted by molar-refractivity contribution is -0.159. The number of pyridine rings is 1. The summed E-state index contributed by atoms with van der Waals surface area (Å²) in [6.07, 6.45) is -4.78. The smallest absolute Gasteiger partial charge is 0.378 e. The highest BCUT2D eigenvalue weighted by Gasteiger charge is 2.42. The standard InChI is InChI=1S/C13H17F3N4O2/c1-8-9(19-12(21)11(17)13(14,15)16)2-3-10(18-8)20-4-6-22-7-5-20/h2-3,11H,4-7,17H2,1H3,(H,19,21). The first-order chi connectivity index (χ1) is 10.3. The number of nitrogens with one attached hydrogen (secondary N) is 1. The van der Waals surface area contributed by atoms with Crippen molar-refractivity contribution < 1.29 is 22.7 Å². The number of hydrogen-bond acceptors (Lipinski definition) is 5. The Labute approximate surface area is 125 Å². The third-order valence-corrected chi connectivity index (χ3v) is 3.30. The molecule has 1 unspecified atom stereocenters. The van der Waals surface area contributed by atoms with Gasteiger partial charge in [0.1, 0.15) is 5.82 Å². The summed E-state index contributed by atoms with van der Waals surface area (Å²) in [7, 11) is 0. The van der Waals surface area contributed by atoms with Crippen LogP contribution >= 0.6 is 0 Å². The van der Waals surface area contributed by atoms with Crippen LogP contribution < -0.4 is 16.0 Å². The second-order valence-corrected chi connectivity index (χ2v) is 4.91. The first-order valence-electron chi connectivity index (χ1n) is 6.72. The Morgan fingerprint density at radius 2 is 2.05 bits per heavy atom. The van der Waals surface area contributed by atoms with Crippen molar-refractivity contribution in [3.8, 4) is 0 Å². The summed E-state index contributed by atoms with van der Waals surface area (Å²) in [5.41, 5.74) is 5.49. The van der Waals surface area contributed by atoms with Crippen molar-refractivity contribution in [2.45, 2.75) is 19.1 Å². The van der Waals surface area contributed by atoms with E-state index in [2.05, 4.69) is 10.3 Å². The minimum absolute atomic E-state index is 0.210. The molecule has 122 valence electrons. The molecule has 3 N–H and O–H groups in total. The van der Waals surface area contributed by atoms with Gasteiger partial charge in [0.2, 0.25) is 0 Å². The van der Waals surface area contributed by atoms with Crippen LogP contribution in [0.25, 0.3) is 0 Å². The number of carbonyl (C=O) groups is 1. The van der Waals surface area contributed by atoms with E-state index in [4.69, 9.17) is 10.5 Å². The van der Waals surface area contributed by atoms with E-state index in [9.17, 15) is 18.0 Å². The monoisotopic (exact) mass is 318 g/mol. The van der Waals surface area contributed by atoms with E-state index < -0.39 is 18.1 Å². The maximum absolute atomic E-state index is 12.4. The minimum atomic E-state index is -4.78. The molecule has 1 amide bonds. The summed E-state index contributed by atoms with van der Waals surface area (Å²) in [5, 5.41) is 2.16. The molecule has 1 aliphatic heterocycles. The lowest BCUT2D eigenvalue weighted by Gasteiger charge is -2.28. The van der Waals surface area contributed by atoms with Gasteiger partial charge in [0, 0.05) is 13.1 Å². The van der Waals surface area contributed by atoms with Crippen LogP contribution in [-0.4, -0.2) is 49.4 Å². The van der Waals surface area contributed by atoms with E-state index in [0.29, 0.717) is 37.8 Å². The first kappa shape index (κ1) is 16.5. The van der Waals surface area contributed by atoms with Crippen LogP contribution in [0.15, 0.2) is 12.1 Å². The molecule has 22 heavy (non-hydrogen) atoms. The minimum Gasteiger partial charge on any atom is -0.378 e. The highest BCUT2D eigenvalue weighted by molar-refractivity contribution is 5.95. The first-order valence-corrected chi connectivity index (χ1v) is 6.72. The quantitative estimate of drug-likeness (QED) is 0.871. The van der Waals surface area contributed by atoms with Crippen LogP contribution in [-0.2, 0) is 9.53 Å². The molecule has 0 aromatic carbocycles. The largest absolute Gasteiger partial charge is 0.412 e. The van der Waals surface area contributed by atoms with Crippen molar-refractivity contribution in [3.05, 3.63) is 17.8 Å². The van der Waals surface area contributed by atoms with Crippen molar-refractivity contribution in [1.82, 2.24) is 4.98 Å². The number of carbonyl (C=O) groups excluding carboxylic acids is 1. The maximum Gasteiger partial charge on any atom is 0.412 e. The average Bonchev–Trinajstić information content (AvgIpc) is 2.48. The van der Waals surface area contributed by atoms with Crippen LogP contribution in [0.4, 0.5) is 24.7 Å². The van der Waals surface area contributed by atoms with Crippen LogP contribution in [0.5, 0.6) is 0 Å². The molecule has 1 aromatic heterocycles. The molecule has 1 saturated heterocycles. The topological polar surface area (TPSA) is 80.5 Å². The van der Waals surface area contributed by atoms with Gasteiger partial charge in [-0.1, -0.05) is 0 Å². The van der Waals surface area contributed by atoms with Gasteiger partial charge in [-0.15, -0.1) is 0 Å². The molecular formula is C13H17F3N4O2. The summed E-state index contributed by atoms with van der Waals surface area (Å²) in [5.74, 6) is -0.615. The van der Waals surface area contributed by atoms with E-state index in [-0.39, 0.29) is 5.69 Å². The highest BCUT2D eigenvalue weighted by atomic mass is 19.4. The molecule has 2 rings (SSSR count). The number of rotatable bonds is 3. The Hall–Kier alpha value is -1.87. The zero-order chi connectivity index (χ0) is 16.3.